The van der Waals surface area contributed by atoms with Gasteiger partial charge in [-0.1, -0.05) is 30.3 Å². The van der Waals surface area contributed by atoms with E-state index >= 15 is 0 Å². The second kappa shape index (κ2) is 7.20. The van der Waals surface area contributed by atoms with Crippen LogP contribution < -0.4 is 0 Å². The fourth-order valence-electron chi connectivity index (χ4n) is 3.01. The van der Waals surface area contributed by atoms with Gasteiger partial charge in [-0.15, -0.1) is 10.2 Å². The number of hydrogen-bond donors (Lipinski definition) is 0. The van der Waals surface area contributed by atoms with Gasteiger partial charge in [0.05, 0.1) is 0 Å². The molecule has 1 fully saturated rings. The van der Waals surface area contributed by atoms with Crippen LogP contribution in [0.15, 0.2) is 41.1 Å². The zero-order valence-corrected chi connectivity index (χ0v) is 12.5. The molecule has 1 saturated carbocycles. The average molecular weight is 300 g/mol. The van der Waals surface area contributed by atoms with Crippen molar-refractivity contribution in [3.63, 3.8) is 0 Å². The second-order valence-corrected chi connectivity index (χ2v) is 5.85. The summed E-state index contributed by atoms with van der Waals surface area (Å²) in [5.74, 6) is 1.37. The third-order valence-electron chi connectivity index (χ3n) is 4.27. The average Bonchev–Trinajstić information content (AvgIpc) is 3.09. The van der Waals surface area contributed by atoms with Crippen LogP contribution in [0.4, 0.5) is 0 Å². The number of rotatable bonds is 5. The molecule has 0 atom stereocenters. The number of carbonyl (C=O) groups is 1. The van der Waals surface area contributed by atoms with E-state index < -0.39 is 0 Å². The van der Waals surface area contributed by atoms with Crippen molar-refractivity contribution >= 4 is 5.97 Å². The number of carbonyl (C=O) groups excluding carboxylic acids is 1. The van der Waals surface area contributed by atoms with Crippen LogP contribution in [0.5, 0.6) is 0 Å². The van der Waals surface area contributed by atoms with Gasteiger partial charge in [-0.2, -0.15) is 0 Å². The first-order valence-electron chi connectivity index (χ1n) is 7.77. The predicted octanol–water partition coefficient (Wildman–Crippen LogP) is 3.48. The first kappa shape index (κ1) is 14.8. The normalized spacial score (nSPS) is 21.5. The Kier molecular flexibility index (Phi) is 4.83. The summed E-state index contributed by atoms with van der Waals surface area (Å²) in [7, 11) is 0. The Balaban J connectivity index is 1.40. The van der Waals surface area contributed by atoms with Gasteiger partial charge in [0.1, 0.15) is 6.61 Å². The van der Waals surface area contributed by atoms with E-state index in [1.54, 1.807) is 0 Å². The van der Waals surface area contributed by atoms with Crippen molar-refractivity contribution in [3.8, 4) is 0 Å². The number of ether oxygens (including phenoxy) is 1. The van der Waals surface area contributed by atoms with Crippen LogP contribution in [0.2, 0.25) is 0 Å². The predicted molar refractivity (Wildman–Crippen MR) is 79.9 cm³/mol. The Morgan fingerprint density at radius 1 is 1.18 bits per heavy atom. The lowest BCUT2D eigenvalue weighted by Gasteiger charge is -2.25. The van der Waals surface area contributed by atoms with Gasteiger partial charge < -0.3 is 9.15 Å². The molecule has 3 rings (SSSR count). The summed E-state index contributed by atoms with van der Waals surface area (Å²) in [6, 6.07) is 9.77. The minimum absolute atomic E-state index is 0.106. The lowest BCUT2D eigenvalue weighted by atomic mass is 9.80. The van der Waals surface area contributed by atoms with Crippen molar-refractivity contribution in [1.82, 2.24) is 10.2 Å². The molecule has 5 nitrogen and oxygen atoms in total. The highest BCUT2D eigenvalue weighted by atomic mass is 16.5. The highest BCUT2D eigenvalue weighted by Crippen LogP contribution is 2.36. The molecule has 2 aromatic rings. The Morgan fingerprint density at radius 2 is 1.95 bits per heavy atom. The van der Waals surface area contributed by atoms with Crippen molar-refractivity contribution in [2.75, 3.05) is 0 Å². The monoisotopic (exact) mass is 300 g/mol. The lowest BCUT2D eigenvalue weighted by molar-refractivity contribution is -0.146. The summed E-state index contributed by atoms with van der Waals surface area (Å²) in [4.78, 5) is 11.9. The largest absolute Gasteiger partial charge is 0.461 e. The van der Waals surface area contributed by atoms with Crippen molar-refractivity contribution in [2.24, 2.45) is 5.92 Å². The molecule has 0 spiro atoms. The van der Waals surface area contributed by atoms with Gasteiger partial charge in [-0.25, -0.2) is 0 Å². The van der Waals surface area contributed by atoms with Crippen molar-refractivity contribution in [2.45, 2.75) is 44.6 Å². The van der Waals surface area contributed by atoms with Crippen LogP contribution >= 0.6 is 0 Å². The third kappa shape index (κ3) is 3.93. The summed E-state index contributed by atoms with van der Waals surface area (Å²) in [6.07, 6.45) is 5.89. The highest BCUT2D eigenvalue weighted by Gasteiger charge is 2.27. The minimum Gasteiger partial charge on any atom is -0.461 e. The molecule has 1 aromatic heterocycles. The number of aromatic nitrogens is 2. The highest BCUT2D eigenvalue weighted by molar-refractivity contribution is 5.69. The van der Waals surface area contributed by atoms with Gasteiger partial charge in [0.25, 0.3) is 0 Å². The minimum atomic E-state index is -0.106. The molecule has 1 aromatic carbocycles. The first-order valence-corrected chi connectivity index (χ1v) is 7.77. The fraction of sp³-hybridized carbons (Fsp3) is 0.471. The maximum absolute atomic E-state index is 11.9. The number of hydrogen-bond acceptors (Lipinski definition) is 5. The third-order valence-corrected chi connectivity index (χ3v) is 4.27. The second-order valence-electron chi connectivity index (χ2n) is 5.85. The molecule has 5 heteroatoms. The number of benzene rings is 1. The van der Waals surface area contributed by atoms with E-state index in [-0.39, 0.29) is 5.97 Å². The molecule has 0 N–H and O–H groups in total. The van der Waals surface area contributed by atoms with Gasteiger partial charge >= 0.3 is 5.97 Å². The van der Waals surface area contributed by atoms with Crippen LogP contribution in [-0.2, 0) is 16.1 Å². The molecule has 0 radical (unpaired) electrons. The maximum Gasteiger partial charge on any atom is 0.306 e. The Hall–Kier alpha value is -2.17. The fourth-order valence-corrected chi connectivity index (χ4v) is 3.01. The van der Waals surface area contributed by atoms with Gasteiger partial charge in [-0.05, 0) is 37.2 Å². The van der Waals surface area contributed by atoms with Crippen molar-refractivity contribution < 1.29 is 13.9 Å². The van der Waals surface area contributed by atoms with Gasteiger partial charge in [-0.3, -0.25) is 4.79 Å². The summed E-state index contributed by atoms with van der Waals surface area (Å²) in [5.41, 5.74) is 1.02. The topological polar surface area (TPSA) is 65.2 Å². The molecule has 116 valence electrons. The van der Waals surface area contributed by atoms with E-state index in [0.29, 0.717) is 24.9 Å². The van der Waals surface area contributed by atoms with E-state index in [9.17, 15) is 4.79 Å². The van der Waals surface area contributed by atoms with Gasteiger partial charge in [0.15, 0.2) is 0 Å². The molecule has 0 unspecified atom stereocenters. The van der Waals surface area contributed by atoms with Gasteiger partial charge in [0, 0.05) is 12.3 Å². The van der Waals surface area contributed by atoms with E-state index in [1.807, 2.05) is 30.3 Å². The van der Waals surface area contributed by atoms with Crippen LogP contribution in [0.3, 0.4) is 0 Å². The lowest BCUT2D eigenvalue weighted by Crippen LogP contribution is -2.18. The zero-order chi connectivity index (χ0) is 15.2. The first-order chi connectivity index (χ1) is 10.8. The Morgan fingerprint density at radius 3 is 2.64 bits per heavy atom. The summed E-state index contributed by atoms with van der Waals surface area (Å²) < 4.78 is 10.6. The Bertz CT molecular complexity index is 575. The summed E-state index contributed by atoms with van der Waals surface area (Å²) in [6.45, 7) is 0.358. The molecule has 1 aliphatic carbocycles. The molecular formula is C17H20N2O3. The SMILES string of the molecule is O=C(CC1CCC(c2nnco2)CC1)OCc1ccccc1. The quantitative estimate of drug-likeness (QED) is 0.791. The van der Waals surface area contributed by atoms with E-state index in [2.05, 4.69) is 10.2 Å². The summed E-state index contributed by atoms with van der Waals surface area (Å²) in [5, 5.41) is 7.71. The van der Waals surface area contributed by atoms with E-state index in [4.69, 9.17) is 9.15 Å². The molecule has 0 aliphatic heterocycles. The number of nitrogens with zero attached hydrogens (tertiary/aromatic N) is 2. The van der Waals surface area contributed by atoms with Crippen LogP contribution in [0.1, 0.15) is 49.5 Å². The smallest absolute Gasteiger partial charge is 0.306 e. The molecule has 0 bridgehead atoms. The molecule has 0 amide bonds. The molecule has 22 heavy (non-hydrogen) atoms. The van der Waals surface area contributed by atoms with Gasteiger partial charge in [0.2, 0.25) is 12.3 Å². The van der Waals surface area contributed by atoms with Crippen LogP contribution in [0.25, 0.3) is 0 Å². The van der Waals surface area contributed by atoms with Crippen molar-refractivity contribution in [3.05, 3.63) is 48.2 Å². The molecular weight excluding hydrogens is 280 g/mol. The van der Waals surface area contributed by atoms with Crippen LogP contribution in [0, 0.1) is 5.92 Å². The molecule has 0 saturated heterocycles. The van der Waals surface area contributed by atoms with E-state index in [0.717, 1.165) is 37.1 Å². The standard InChI is InChI=1S/C17H20N2O3/c20-16(21-11-14-4-2-1-3-5-14)10-13-6-8-15(9-7-13)17-19-18-12-22-17/h1-5,12-13,15H,6-11H2. The summed E-state index contributed by atoms with van der Waals surface area (Å²) >= 11 is 0. The van der Waals surface area contributed by atoms with Crippen LogP contribution in [-0.4, -0.2) is 16.2 Å². The zero-order valence-electron chi connectivity index (χ0n) is 12.5. The molecule has 1 heterocycles. The van der Waals surface area contributed by atoms with E-state index in [1.165, 1.54) is 6.39 Å². The maximum atomic E-state index is 11.9. The van der Waals surface area contributed by atoms with Crippen molar-refractivity contribution in [1.29, 1.82) is 0 Å². The number of esters is 1. The Labute approximate surface area is 129 Å². The molecule has 1 aliphatic rings.